The topological polar surface area (TPSA) is 28.7 Å². The summed E-state index contributed by atoms with van der Waals surface area (Å²) in [6.07, 6.45) is 1.91. The van der Waals surface area contributed by atoms with E-state index in [1.54, 1.807) is 0 Å². The Morgan fingerprint density at radius 3 is 2.81 bits per heavy atom. The van der Waals surface area contributed by atoms with Crippen molar-refractivity contribution < 1.29 is 0 Å². The van der Waals surface area contributed by atoms with E-state index < -0.39 is 0 Å². The summed E-state index contributed by atoms with van der Waals surface area (Å²) >= 11 is 0. The molecule has 2 aromatic heterocycles. The van der Waals surface area contributed by atoms with Crippen LogP contribution in [-0.2, 0) is 0 Å². The van der Waals surface area contributed by atoms with E-state index in [2.05, 4.69) is 41.2 Å². The number of hydrogen-bond acceptors (Lipinski definition) is 1. The molecular formula is C14H12N2. The second-order valence-corrected chi connectivity index (χ2v) is 3.98. The molecule has 0 aliphatic heterocycles. The van der Waals surface area contributed by atoms with Crippen LogP contribution >= 0.6 is 0 Å². The van der Waals surface area contributed by atoms with Crippen LogP contribution in [0.2, 0.25) is 0 Å². The third kappa shape index (κ3) is 1.48. The minimum Gasteiger partial charge on any atom is -0.360 e. The van der Waals surface area contributed by atoms with Gasteiger partial charge >= 0.3 is 0 Å². The monoisotopic (exact) mass is 208 g/mol. The van der Waals surface area contributed by atoms with Crippen molar-refractivity contribution in [2.24, 2.45) is 0 Å². The molecule has 2 heterocycles. The number of hydrogen-bond donors (Lipinski definition) is 1. The van der Waals surface area contributed by atoms with Gasteiger partial charge in [-0.2, -0.15) is 0 Å². The van der Waals surface area contributed by atoms with Crippen LogP contribution in [0.25, 0.3) is 22.3 Å². The highest BCUT2D eigenvalue weighted by Crippen LogP contribution is 2.20. The van der Waals surface area contributed by atoms with Gasteiger partial charge in [-0.25, -0.2) is 4.98 Å². The number of H-pyrrole nitrogens is 1. The van der Waals surface area contributed by atoms with E-state index in [0.29, 0.717) is 0 Å². The fourth-order valence-electron chi connectivity index (χ4n) is 1.88. The van der Waals surface area contributed by atoms with Crippen molar-refractivity contribution in [3.63, 3.8) is 0 Å². The molecule has 0 fully saturated rings. The molecular weight excluding hydrogens is 196 g/mol. The highest BCUT2D eigenvalue weighted by atomic mass is 14.8. The van der Waals surface area contributed by atoms with Crippen molar-refractivity contribution in [3.05, 3.63) is 54.2 Å². The fourth-order valence-corrected chi connectivity index (χ4v) is 1.88. The molecule has 1 N–H and O–H groups in total. The van der Waals surface area contributed by atoms with Gasteiger partial charge in [0.15, 0.2) is 0 Å². The highest BCUT2D eigenvalue weighted by molar-refractivity contribution is 5.81. The molecule has 0 amide bonds. The van der Waals surface area contributed by atoms with Crippen LogP contribution in [0.5, 0.6) is 0 Å². The first kappa shape index (κ1) is 9.16. The third-order valence-corrected chi connectivity index (χ3v) is 2.72. The van der Waals surface area contributed by atoms with Crippen LogP contribution in [-0.4, -0.2) is 9.97 Å². The Morgan fingerprint density at radius 2 is 2.00 bits per heavy atom. The minimum atomic E-state index is 0.987. The minimum absolute atomic E-state index is 0.987. The van der Waals surface area contributed by atoms with Crippen molar-refractivity contribution in [1.29, 1.82) is 0 Å². The highest BCUT2D eigenvalue weighted by Gasteiger charge is 2.01. The summed E-state index contributed by atoms with van der Waals surface area (Å²) in [6.45, 7) is 2.10. The average molecular weight is 208 g/mol. The SMILES string of the molecule is Cc1ccc2nc(-c3ccc[nH]3)ccc2c1. The van der Waals surface area contributed by atoms with Crippen LogP contribution in [0.3, 0.4) is 0 Å². The van der Waals surface area contributed by atoms with Gasteiger partial charge in [-0.15, -0.1) is 0 Å². The predicted molar refractivity (Wildman–Crippen MR) is 66.3 cm³/mol. The second kappa shape index (κ2) is 3.49. The molecule has 16 heavy (non-hydrogen) atoms. The molecule has 0 atom stereocenters. The Morgan fingerprint density at radius 1 is 1.06 bits per heavy atom. The van der Waals surface area contributed by atoms with Crippen LogP contribution in [0.4, 0.5) is 0 Å². The lowest BCUT2D eigenvalue weighted by Crippen LogP contribution is -1.85. The lowest BCUT2D eigenvalue weighted by Gasteiger charge is -2.02. The van der Waals surface area contributed by atoms with E-state index >= 15 is 0 Å². The van der Waals surface area contributed by atoms with Crippen molar-refractivity contribution in [1.82, 2.24) is 9.97 Å². The number of nitrogens with one attached hydrogen (secondary N) is 1. The Balaban J connectivity index is 2.20. The van der Waals surface area contributed by atoms with Gasteiger partial charge in [0.05, 0.1) is 16.9 Å². The average Bonchev–Trinajstić information content (AvgIpc) is 2.82. The standard InChI is InChI=1S/C14H12N2/c1-10-4-6-12-11(9-10)5-7-14(16-12)13-3-2-8-15-13/h2-9,15H,1H3. The van der Waals surface area contributed by atoms with Gasteiger partial charge in [0, 0.05) is 11.6 Å². The Labute approximate surface area is 94.0 Å². The zero-order valence-electron chi connectivity index (χ0n) is 9.07. The second-order valence-electron chi connectivity index (χ2n) is 3.98. The molecule has 3 rings (SSSR count). The molecule has 0 aliphatic rings. The zero-order chi connectivity index (χ0) is 11.0. The predicted octanol–water partition coefficient (Wildman–Crippen LogP) is 3.54. The summed E-state index contributed by atoms with van der Waals surface area (Å²) in [4.78, 5) is 7.79. The van der Waals surface area contributed by atoms with Crippen molar-refractivity contribution in [2.45, 2.75) is 6.92 Å². The Hall–Kier alpha value is -2.09. The van der Waals surface area contributed by atoms with Gasteiger partial charge < -0.3 is 4.98 Å². The Kier molecular flexibility index (Phi) is 2.00. The summed E-state index contributed by atoms with van der Waals surface area (Å²) in [7, 11) is 0. The smallest absolute Gasteiger partial charge is 0.0872 e. The third-order valence-electron chi connectivity index (χ3n) is 2.72. The van der Waals surface area contributed by atoms with Crippen molar-refractivity contribution in [3.8, 4) is 11.4 Å². The van der Waals surface area contributed by atoms with E-state index in [-0.39, 0.29) is 0 Å². The lowest BCUT2D eigenvalue weighted by atomic mass is 10.1. The molecule has 1 aromatic carbocycles. The van der Waals surface area contributed by atoms with Crippen LogP contribution < -0.4 is 0 Å². The number of aryl methyl sites for hydroxylation is 1. The first-order valence-corrected chi connectivity index (χ1v) is 5.34. The summed E-state index contributed by atoms with van der Waals surface area (Å²) < 4.78 is 0. The van der Waals surface area contributed by atoms with Gasteiger partial charge in [-0.3, -0.25) is 0 Å². The number of fused-ring (bicyclic) bond motifs is 1. The van der Waals surface area contributed by atoms with E-state index in [1.165, 1.54) is 10.9 Å². The van der Waals surface area contributed by atoms with Gasteiger partial charge in [-0.05, 0) is 37.3 Å². The molecule has 78 valence electrons. The quantitative estimate of drug-likeness (QED) is 0.651. The molecule has 0 spiro atoms. The lowest BCUT2D eigenvalue weighted by molar-refractivity contribution is 1.32. The summed E-state index contributed by atoms with van der Waals surface area (Å²) in [5.74, 6) is 0. The largest absolute Gasteiger partial charge is 0.360 e. The first-order chi connectivity index (χ1) is 7.83. The van der Waals surface area contributed by atoms with Gasteiger partial charge in [0.25, 0.3) is 0 Å². The zero-order valence-corrected chi connectivity index (χ0v) is 9.07. The normalized spacial score (nSPS) is 10.8. The van der Waals surface area contributed by atoms with Crippen LogP contribution in [0, 0.1) is 6.92 Å². The molecule has 0 saturated heterocycles. The van der Waals surface area contributed by atoms with Crippen molar-refractivity contribution in [2.75, 3.05) is 0 Å². The van der Waals surface area contributed by atoms with Crippen LogP contribution in [0.1, 0.15) is 5.56 Å². The van der Waals surface area contributed by atoms with E-state index in [0.717, 1.165) is 16.9 Å². The van der Waals surface area contributed by atoms with Crippen LogP contribution in [0.15, 0.2) is 48.7 Å². The summed E-state index contributed by atoms with van der Waals surface area (Å²) in [6, 6.07) is 14.5. The molecule has 2 nitrogen and oxygen atoms in total. The first-order valence-electron chi connectivity index (χ1n) is 5.34. The van der Waals surface area contributed by atoms with E-state index in [4.69, 9.17) is 0 Å². The maximum atomic E-state index is 4.63. The number of pyridine rings is 1. The van der Waals surface area contributed by atoms with Gasteiger partial charge in [0.1, 0.15) is 0 Å². The Bertz CT molecular complexity index is 624. The number of nitrogens with zero attached hydrogens (tertiary/aromatic N) is 1. The number of aromatic amines is 1. The summed E-state index contributed by atoms with van der Waals surface area (Å²) in [5.41, 5.74) is 4.35. The van der Waals surface area contributed by atoms with Gasteiger partial charge in [0.2, 0.25) is 0 Å². The molecule has 0 bridgehead atoms. The summed E-state index contributed by atoms with van der Waals surface area (Å²) in [5, 5.41) is 1.19. The molecule has 0 aliphatic carbocycles. The van der Waals surface area contributed by atoms with Crippen molar-refractivity contribution >= 4 is 10.9 Å². The van der Waals surface area contributed by atoms with E-state index in [9.17, 15) is 0 Å². The number of aromatic nitrogens is 2. The molecule has 0 saturated carbocycles. The van der Waals surface area contributed by atoms with E-state index in [1.807, 2.05) is 24.4 Å². The van der Waals surface area contributed by atoms with Gasteiger partial charge in [-0.1, -0.05) is 17.7 Å². The maximum absolute atomic E-state index is 4.63. The number of rotatable bonds is 1. The fraction of sp³-hybridized carbons (Fsp3) is 0.0714. The molecule has 0 radical (unpaired) electrons. The molecule has 3 aromatic rings. The maximum Gasteiger partial charge on any atom is 0.0872 e. The molecule has 0 unspecified atom stereocenters. The molecule has 2 heteroatoms. The number of benzene rings is 1.